The van der Waals surface area contributed by atoms with Gasteiger partial charge >= 0.3 is 0 Å². The molecule has 0 saturated carbocycles. The van der Waals surface area contributed by atoms with Gasteiger partial charge in [-0.2, -0.15) is 0 Å². The third kappa shape index (κ3) is 2.35. The number of primary amides is 1. The van der Waals surface area contributed by atoms with Crippen molar-refractivity contribution >= 4 is 12.0 Å². The SMILES string of the molecule is NC(=O)/C=C/c1c(F)cc(F)cc1F. The van der Waals surface area contributed by atoms with Crippen molar-refractivity contribution in [2.24, 2.45) is 5.73 Å². The summed E-state index contributed by atoms with van der Waals surface area (Å²) in [6, 6.07) is 1.04. The molecule has 0 saturated heterocycles. The van der Waals surface area contributed by atoms with Crippen LogP contribution >= 0.6 is 0 Å². The fraction of sp³-hybridized carbons (Fsp3) is 0. The number of carbonyl (C=O) groups excluding carboxylic acids is 1. The minimum Gasteiger partial charge on any atom is -0.366 e. The number of hydrogen-bond donors (Lipinski definition) is 1. The maximum atomic E-state index is 12.9. The molecule has 0 aliphatic rings. The molecule has 1 amide bonds. The molecular formula is C9H6F3NO. The Morgan fingerprint density at radius 1 is 1.21 bits per heavy atom. The Bertz CT molecular complexity index is 378. The first-order chi connectivity index (χ1) is 6.50. The minimum atomic E-state index is -1.08. The van der Waals surface area contributed by atoms with Crippen molar-refractivity contribution in [3.05, 3.63) is 41.2 Å². The van der Waals surface area contributed by atoms with E-state index in [0.717, 1.165) is 12.2 Å². The lowest BCUT2D eigenvalue weighted by Gasteiger charge is -1.98. The van der Waals surface area contributed by atoms with E-state index >= 15 is 0 Å². The molecule has 2 nitrogen and oxygen atoms in total. The molecule has 0 unspecified atom stereocenters. The standard InChI is InChI=1S/C9H6F3NO/c10-5-3-7(11)6(8(12)4-5)1-2-9(13)14/h1-4H,(H2,13,14)/b2-1+. The molecule has 0 spiro atoms. The van der Waals surface area contributed by atoms with Crippen LogP contribution < -0.4 is 5.73 Å². The second-order valence-corrected chi connectivity index (χ2v) is 2.52. The molecule has 0 aliphatic heterocycles. The van der Waals surface area contributed by atoms with E-state index in [4.69, 9.17) is 5.73 Å². The Morgan fingerprint density at radius 3 is 2.14 bits per heavy atom. The highest BCUT2D eigenvalue weighted by molar-refractivity contribution is 5.90. The molecule has 0 heterocycles. The lowest BCUT2D eigenvalue weighted by molar-refractivity contribution is -0.113. The van der Waals surface area contributed by atoms with Crippen LogP contribution in [0.1, 0.15) is 5.56 Å². The predicted octanol–water partition coefficient (Wildman–Crippen LogP) is 1.60. The zero-order valence-corrected chi connectivity index (χ0v) is 6.93. The monoisotopic (exact) mass is 201 g/mol. The molecule has 0 atom stereocenters. The van der Waals surface area contributed by atoms with Gasteiger partial charge in [-0.1, -0.05) is 0 Å². The highest BCUT2D eigenvalue weighted by atomic mass is 19.1. The van der Waals surface area contributed by atoms with Crippen molar-refractivity contribution in [3.8, 4) is 0 Å². The van der Waals surface area contributed by atoms with Crippen molar-refractivity contribution in [2.75, 3.05) is 0 Å². The van der Waals surface area contributed by atoms with E-state index in [1.165, 1.54) is 0 Å². The van der Waals surface area contributed by atoms with Crippen LogP contribution in [0.5, 0.6) is 0 Å². The maximum Gasteiger partial charge on any atom is 0.241 e. The number of halogens is 3. The second-order valence-electron chi connectivity index (χ2n) is 2.52. The fourth-order valence-corrected chi connectivity index (χ4v) is 0.878. The molecule has 0 aromatic heterocycles. The highest BCUT2D eigenvalue weighted by Gasteiger charge is 2.08. The van der Waals surface area contributed by atoms with Crippen molar-refractivity contribution < 1.29 is 18.0 Å². The summed E-state index contributed by atoms with van der Waals surface area (Å²) in [5, 5.41) is 0. The van der Waals surface area contributed by atoms with E-state index < -0.39 is 28.9 Å². The normalized spacial score (nSPS) is 10.8. The van der Waals surface area contributed by atoms with Gasteiger partial charge in [-0.3, -0.25) is 4.79 Å². The molecule has 2 N–H and O–H groups in total. The van der Waals surface area contributed by atoms with E-state index in [2.05, 4.69) is 0 Å². The number of rotatable bonds is 2. The van der Waals surface area contributed by atoms with Crippen molar-refractivity contribution in [1.82, 2.24) is 0 Å². The van der Waals surface area contributed by atoms with Gasteiger partial charge in [0.2, 0.25) is 5.91 Å². The van der Waals surface area contributed by atoms with Gasteiger partial charge in [-0.05, 0) is 6.08 Å². The molecule has 0 radical (unpaired) electrons. The van der Waals surface area contributed by atoms with Gasteiger partial charge in [-0.15, -0.1) is 0 Å². The Balaban J connectivity index is 3.15. The lowest BCUT2D eigenvalue weighted by atomic mass is 10.2. The summed E-state index contributed by atoms with van der Waals surface area (Å²) >= 11 is 0. The zero-order chi connectivity index (χ0) is 10.7. The first kappa shape index (κ1) is 10.3. The third-order valence-electron chi connectivity index (χ3n) is 1.46. The van der Waals surface area contributed by atoms with Crippen LogP contribution in [0.3, 0.4) is 0 Å². The lowest BCUT2D eigenvalue weighted by Crippen LogP contribution is -2.05. The van der Waals surface area contributed by atoms with E-state index in [1.807, 2.05) is 0 Å². The zero-order valence-electron chi connectivity index (χ0n) is 6.93. The number of hydrogen-bond acceptors (Lipinski definition) is 1. The van der Waals surface area contributed by atoms with Crippen LogP contribution in [0, 0.1) is 17.5 Å². The largest absolute Gasteiger partial charge is 0.366 e. The smallest absolute Gasteiger partial charge is 0.241 e. The molecule has 1 aromatic rings. The van der Waals surface area contributed by atoms with Crippen LogP contribution in [0.2, 0.25) is 0 Å². The molecular weight excluding hydrogens is 195 g/mol. The van der Waals surface area contributed by atoms with Gasteiger partial charge < -0.3 is 5.73 Å². The van der Waals surface area contributed by atoms with Gasteiger partial charge in [0.25, 0.3) is 0 Å². The molecule has 0 fully saturated rings. The molecule has 1 rings (SSSR count). The topological polar surface area (TPSA) is 43.1 Å². The van der Waals surface area contributed by atoms with E-state index in [-0.39, 0.29) is 0 Å². The first-order valence-corrected chi connectivity index (χ1v) is 3.63. The summed E-state index contributed by atoms with van der Waals surface area (Å²) in [5.74, 6) is -4.02. The number of carbonyl (C=O) groups is 1. The van der Waals surface area contributed by atoms with Crippen molar-refractivity contribution in [3.63, 3.8) is 0 Å². The van der Waals surface area contributed by atoms with Gasteiger partial charge in [0.15, 0.2) is 0 Å². The molecule has 0 aliphatic carbocycles. The minimum absolute atomic E-state index is 0.495. The summed E-state index contributed by atoms with van der Waals surface area (Å²) in [6.45, 7) is 0. The van der Waals surface area contributed by atoms with E-state index in [1.54, 1.807) is 0 Å². The van der Waals surface area contributed by atoms with Crippen LogP contribution in [0.15, 0.2) is 18.2 Å². The van der Waals surface area contributed by atoms with E-state index in [0.29, 0.717) is 12.1 Å². The number of nitrogens with two attached hydrogens (primary N) is 1. The number of benzene rings is 1. The van der Waals surface area contributed by atoms with Crippen LogP contribution in [0.25, 0.3) is 6.08 Å². The van der Waals surface area contributed by atoms with Gasteiger partial charge in [0, 0.05) is 23.8 Å². The Morgan fingerprint density at radius 2 is 1.71 bits per heavy atom. The van der Waals surface area contributed by atoms with Crippen molar-refractivity contribution in [1.29, 1.82) is 0 Å². The summed E-state index contributed by atoms with van der Waals surface area (Å²) in [7, 11) is 0. The average molecular weight is 201 g/mol. The maximum absolute atomic E-state index is 12.9. The molecule has 74 valence electrons. The summed E-state index contributed by atoms with van der Waals surface area (Å²) < 4.78 is 38.2. The summed E-state index contributed by atoms with van der Waals surface area (Å²) in [6.07, 6.45) is 1.64. The number of amides is 1. The van der Waals surface area contributed by atoms with E-state index in [9.17, 15) is 18.0 Å². The van der Waals surface area contributed by atoms with Crippen LogP contribution in [-0.2, 0) is 4.79 Å². The quantitative estimate of drug-likeness (QED) is 0.725. The fourth-order valence-electron chi connectivity index (χ4n) is 0.878. The predicted molar refractivity (Wildman–Crippen MR) is 44.5 cm³/mol. The molecule has 0 bridgehead atoms. The third-order valence-corrected chi connectivity index (χ3v) is 1.46. The Hall–Kier alpha value is -1.78. The summed E-state index contributed by atoms with van der Waals surface area (Å²) in [4.78, 5) is 10.3. The second kappa shape index (κ2) is 3.95. The van der Waals surface area contributed by atoms with Crippen LogP contribution in [-0.4, -0.2) is 5.91 Å². The Labute approximate surface area is 77.8 Å². The summed E-state index contributed by atoms with van der Waals surface area (Å²) in [5.41, 5.74) is 4.23. The Kier molecular flexibility index (Phi) is 2.91. The van der Waals surface area contributed by atoms with Gasteiger partial charge in [0.1, 0.15) is 17.5 Å². The van der Waals surface area contributed by atoms with Crippen molar-refractivity contribution in [2.45, 2.75) is 0 Å². The molecule has 5 heteroatoms. The first-order valence-electron chi connectivity index (χ1n) is 3.63. The average Bonchev–Trinajstić information content (AvgIpc) is 2.01. The van der Waals surface area contributed by atoms with Crippen LogP contribution in [0.4, 0.5) is 13.2 Å². The highest BCUT2D eigenvalue weighted by Crippen LogP contribution is 2.15. The van der Waals surface area contributed by atoms with Gasteiger partial charge in [0.05, 0.1) is 0 Å². The molecule has 14 heavy (non-hydrogen) atoms. The molecule has 1 aromatic carbocycles. The van der Waals surface area contributed by atoms with Gasteiger partial charge in [-0.25, -0.2) is 13.2 Å².